The van der Waals surface area contributed by atoms with Crippen molar-refractivity contribution in [1.82, 2.24) is 5.32 Å². The maximum Gasteiger partial charge on any atom is 0.119 e. The molecule has 1 N–H and O–H groups in total. The average molecular weight is 260 g/mol. The summed E-state index contributed by atoms with van der Waals surface area (Å²) < 4.78 is 0. The Morgan fingerprint density at radius 2 is 2.17 bits per heavy atom. The Balaban J connectivity index is 2.06. The Hall–Kier alpha value is -0.980. The van der Waals surface area contributed by atoms with Gasteiger partial charge in [0.1, 0.15) is 5.54 Å². The van der Waals surface area contributed by atoms with E-state index in [9.17, 15) is 5.26 Å². The number of nitrogens with one attached hydrogen (secondary N) is 1. The average Bonchev–Trinajstić information content (AvgIpc) is 3.21. The Morgan fingerprint density at radius 1 is 1.44 bits per heavy atom. The maximum absolute atomic E-state index is 9.54. The van der Waals surface area contributed by atoms with Crippen LogP contribution in [0.5, 0.6) is 0 Å². The van der Waals surface area contributed by atoms with Crippen molar-refractivity contribution < 1.29 is 0 Å². The third kappa shape index (κ3) is 2.88. The van der Waals surface area contributed by atoms with Gasteiger partial charge in [-0.2, -0.15) is 5.26 Å². The van der Waals surface area contributed by atoms with Crippen molar-refractivity contribution in [3.05, 3.63) is 29.8 Å². The quantitative estimate of drug-likeness (QED) is 0.797. The van der Waals surface area contributed by atoms with Crippen molar-refractivity contribution in [1.29, 1.82) is 5.26 Å². The molecule has 0 amide bonds. The molecule has 1 aromatic carbocycles. The van der Waals surface area contributed by atoms with Gasteiger partial charge < -0.3 is 0 Å². The fourth-order valence-electron chi connectivity index (χ4n) is 2.28. The van der Waals surface area contributed by atoms with Crippen LogP contribution in [-0.2, 0) is 0 Å². The fraction of sp³-hybridized carbons (Fsp3) is 0.533. The minimum Gasteiger partial charge on any atom is -0.299 e. The number of aryl methyl sites for hydroxylation is 1. The first-order chi connectivity index (χ1) is 8.72. The third-order valence-electron chi connectivity index (χ3n) is 3.51. The molecule has 1 aliphatic carbocycles. The van der Waals surface area contributed by atoms with Crippen LogP contribution in [0.1, 0.15) is 25.3 Å². The summed E-state index contributed by atoms with van der Waals surface area (Å²) in [5.74, 6) is 1.38. The molecule has 0 saturated heterocycles. The molecule has 0 radical (unpaired) electrons. The Morgan fingerprint density at radius 3 is 2.72 bits per heavy atom. The first-order valence-corrected chi connectivity index (χ1v) is 7.55. The number of benzene rings is 1. The zero-order chi connectivity index (χ0) is 13.0. The molecular weight excluding hydrogens is 240 g/mol. The van der Waals surface area contributed by atoms with E-state index in [0.29, 0.717) is 5.92 Å². The van der Waals surface area contributed by atoms with Crippen LogP contribution in [0.25, 0.3) is 0 Å². The number of hydrogen-bond acceptors (Lipinski definition) is 3. The molecule has 1 aliphatic rings. The first kappa shape index (κ1) is 13.5. The number of rotatable bonds is 6. The van der Waals surface area contributed by atoms with Gasteiger partial charge in [-0.25, -0.2) is 0 Å². The predicted molar refractivity (Wildman–Crippen MR) is 76.6 cm³/mol. The number of nitriles is 1. The molecule has 18 heavy (non-hydrogen) atoms. The van der Waals surface area contributed by atoms with E-state index in [4.69, 9.17) is 0 Å². The summed E-state index contributed by atoms with van der Waals surface area (Å²) in [4.78, 5) is 1.29. The van der Waals surface area contributed by atoms with Crippen molar-refractivity contribution in [2.24, 2.45) is 5.92 Å². The van der Waals surface area contributed by atoms with E-state index < -0.39 is 0 Å². The minimum absolute atomic E-state index is 0.332. The van der Waals surface area contributed by atoms with Gasteiger partial charge in [0, 0.05) is 10.6 Å². The number of nitrogens with zero attached hydrogens (tertiary/aromatic N) is 1. The van der Waals surface area contributed by atoms with Crippen molar-refractivity contribution in [3.63, 3.8) is 0 Å². The van der Waals surface area contributed by atoms with Gasteiger partial charge >= 0.3 is 0 Å². The summed E-state index contributed by atoms with van der Waals surface area (Å²) in [6.45, 7) is 5.06. The maximum atomic E-state index is 9.54. The fourth-order valence-corrected chi connectivity index (χ4v) is 3.53. The lowest BCUT2D eigenvalue weighted by Crippen LogP contribution is -2.48. The molecular formula is C15H20N2S. The summed E-state index contributed by atoms with van der Waals surface area (Å²) in [6.07, 6.45) is 2.38. The highest BCUT2D eigenvalue weighted by Crippen LogP contribution is 2.42. The van der Waals surface area contributed by atoms with Crippen LogP contribution in [0.2, 0.25) is 0 Å². The van der Waals surface area contributed by atoms with Crippen molar-refractivity contribution >= 4 is 11.8 Å². The van der Waals surface area contributed by atoms with Crippen LogP contribution in [0.4, 0.5) is 0 Å². The highest BCUT2D eigenvalue weighted by atomic mass is 32.2. The van der Waals surface area contributed by atoms with Crippen LogP contribution in [0.3, 0.4) is 0 Å². The van der Waals surface area contributed by atoms with E-state index in [2.05, 4.69) is 49.5 Å². The van der Waals surface area contributed by atoms with Gasteiger partial charge in [0.15, 0.2) is 0 Å². The van der Waals surface area contributed by atoms with Crippen LogP contribution < -0.4 is 5.32 Å². The van der Waals surface area contributed by atoms with Gasteiger partial charge in [-0.05, 0) is 43.9 Å². The van der Waals surface area contributed by atoms with Gasteiger partial charge in [0.2, 0.25) is 0 Å². The molecule has 1 aromatic rings. The summed E-state index contributed by atoms with van der Waals surface area (Å²) in [5.41, 5.74) is 0.962. The third-order valence-corrected chi connectivity index (χ3v) is 4.88. The molecule has 0 spiro atoms. The molecule has 0 aromatic heterocycles. The lowest BCUT2D eigenvalue weighted by molar-refractivity contribution is 0.416. The first-order valence-electron chi connectivity index (χ1n) is 6.56. The highest BCUT2D eigenvalue weighted by molar-refractivity contribution is 7.99. The molecule has 1 fully saturated rings. The van der Waals surface area contributed by atoms with Gasteiger partial charge in [0.05, 0.1) is 6.07 Å². The van der Waals surface area contributed by atoms with Crippen molar-refractivity contribution in [3.8, 4) is 6.07 Å². The van der Waals surface area contributed by atoms with Crippen LogP contribution in [0, 0.1) is 24.2 Å². The van der Waals surface area contributed by atoms with Gasteiger partial charge in [-0.1, -0.05) is 25.1 Å². The monoisotopic (exact) mass is 260 g/mol. The zero-order valence-corrected chi connectivity index (χ0v) is 11.9. The lowest BCUT2D eigenvalue weighted by atomic mass is 9.98. The molecule has 0 heterocycles. The summed E-state index contributed by atoms with van der Waals surface area (Å²) >= 11 is 1.80. The molecule has 96 valence electrons. The van der Waals surface area contributed by atoms with E-state index >= 15 is 0 Å². The SMILES string of the molecule is CCNC(C#N)(CSc1ccccc1C)C1CC1. The van der Waals surface area contributed by atoms with Crippen molar-refractivity contribution in [2.45, 2.75) is 37.1 Å². The summed E-state index contributed by atoms with van der Waals surface area (Å²) in [6, 6.07) is 10.9. The summed E-state index contributed by atoms with van der Waals surface area (Å²) in [7, 11) is 0. The molecule has 1 unspecified atom stereocenters. The molecule has 0 aliphatic heterocycles. The Bertz CT molecular complexity index is 448. The molecule has 2 nitrogen and oxygen atoms in total. The molecule has 2 rings (SSSR count). The van der Waals surface area contributed by atoms with Gasteiger partial charge in [-0.3, -0.25) is 5.32 Å². The van der Waals surface area contributed by atoms with E-state index in [0.717, 1.165) is 12.3 Å². The second kappa shape index (κ2) is 5.77. The highest BCUT2D eigenvalue weighted by Gasteiger charge is 2.45. The van der Waals surface area contributed by atoms with Crippen LogP contribution in [0.15, 0.2) is 29.2 Å². The topological polar surface area (TPSA) is 35.8 Å². The number of hydrogen-bond donors (Lipinski definition) is 1. The van der Waals surface area contributed by atoms with Crippen LogP contribution in [-0.4, -0.2) is 17.8 Å². The Kier molecular flexibility index (Phi) is 4.31. The number of thioether (sulfide) groups is 1. The molecule has 0 bridgehead atoms. The predicted octanol–water partition coefficient (Wildman–Crippen LogP) is 3.37. The molecule has 3 heteroatoms. The van der Waals surface area contributed by atoms with E-state index in [1.54, 1.807) is 11.8 Å². The van der Waals surface area contributed by atoms with Gasteiger partial charge in [-0.15, -0.1) is 11.8 Å². The van der Waals surface area contributed by atoms with E-state index in [1.807, 2.05) is 0 Å². The molecule has 1 saturated carbocycles. The minimum atomic E-state index is -0.332. The Labute approximate surface area is 114 Å². The second-order valence-electron chi connectivity index (χ2n) is 4.94. The zero-order valence-electron chi connectivity index (χ0n) is 11.1. The van der Waals surface area contributed by atoms with E-state index in [1.165, 1.54) is 23.3 Å². The molecule has 1 atom stereocenters. The smallest absolute Gasteiger partial charge is 0.119 e. The standard InChI is InChI=1S/C15H20N2S/c1-3-17-15(10-16,13-8-9-13)11-18-14-7-5-4-6-12(14)2/h4-7,13,17H,3,8-9,11H2,1-2H3. The largest absolute Gasteiger partial charge is 0.299 e. The van der Waals surface area contributed by atoms with Crippen LogP contribution >= 0.6 is 11.8 Å². The van der Waals surface area contributed by atoms with Crippen molar-refractivity contribution in [2.75, 3.05) is 12.3 Å². The van der Waals surface area contributed by atoms with Gasteiger partial charge in [0.25, 0.3) is 0 Å². The summed E-state index contributed by atoms with van der Waals surface area (Å²) in [5, 5.41) is 13.0. The normalized spacial score (nSPS) is 18.1. The second-order valence-corrected chi connectivity index (χ2v) is 5.96. The lowest BCUT2D eigenvalue weighted by Gasteiger charge is -2.27. The van der Waals surface area contributed by atoms with E-state index in [-0.39, 0.29) is 5.54 Å².